The lowest BCUT2D eigenvalue weighted by Gasteiger charge is -2.03. The molecule has 0 amide bonds. The minimum atomic E-state index is -3.42. The number of hydrogen-bond donors (Lipinski definition) is 0. The summed E-state index contributed by atoms with van der Waals surface area (Å²) in [5.41, 5.74) is 1.87. The lowest BCUT2D eigenvalue weighted by Crippen LogP contribution is -2.01. The zero-order valence-corrected chi connectivity index (χ0v) is 10.5. The van der Waals surface area contributed by atoms with Crippen LogP contribution >= 0.6 is 10.7 Å². The first-order chi connectivity index (χ1) is 8.04. The molecule has 0 N–H and O–H groups in total. The maximum absolute atomic E-state index is 10.8. The normalized spacial score (nSPS) is 11.6. The quantitative estimate of drug-likeness (QED) is 0.799. The van der Waals surface area contributed by atoms with Crippen LogP contribution in [0.5, 0.6) is 0 Å². The summed E-state index contributed by atoms with van der Waals surface area (Å²) in [6.07, 6.45) is 3.97. The first-order valence-corrected chi connectivity index (χ1v) is 7.54. The van der Waals surface area contributed by atoms with Gasteiger partial charge in [0, 0.05) is 23.1 Å². The molecule has 1 aromatic heterocycles. The summed E-state index contributed by atoms with van der Waals surface area (Å²) < 4.78 is 23.4. The third-order valence-corrected chi connectivity index (χ3v) is 3.49. The van der Waals surface area contributed by atoms with Crippen LogP contribution in [0.2, 0.25) is 0 Å². The van der Waals surface area contributed by atoms with Crippen molar-refractivity contribution >= 4 is 19.7 Å². The fourth-order valence-electron chi connectivity index (χ4n) is 1.48. The van der Waals surface area contributed by atoms with Crippen LogP contribution in [0, 0.1) is 0 Å². The Hall–Kier alpha value is -1.33. The molecule has 90 valence electrons. The summed E-state index contributed by atoms with van der Waals surface area (Å²) in [5, 5.41) is 4.10. The van der Waals surface area contributed by atoms with E-state index in [4.69, 9.17) is 10.7 Å². The molecule has 0 spiro atoms. The SMILES string of the molecule is O=S(=O)(Cl)CCc1ccc(-n2cccn2)cc1. The van der Waals surface area contributed by atoms with E-state index in [-0.39, 0.29) is 5.75 Å². The van der Waals surface area contributed by atoms with Gasteiger partial charge in [-0.2, -0.15) is 5.10 Å². The van der Waals surface area contributed by atoms with Gasteiger partial charge in [-0.1, -0.05) is 12.1 Å². The summed E-state index contributed by atoms with van der Waals surface area (Å²) in [5.74, 6) is -0.0460. The molecule has 1 heterocycles. The fraction of sp³-hybridized carbons (Fsp3) is 0.182. The van der Waals surface area contributed by atoms with Crippen LogP contribution in [0.15, 0.2) is 42.7 Å². The van der Waals surface area contributed by atoms with Crippen molar-refractivity contribution in [2.24, 2.45) is 0 Å². The largest absolute Gasteiger partial charge is 0.241 e. The van der Waals surface area contributed by atoms with Gasteiger partial charge in [0.25, 0.3) is 0 Å². The second-order valence-corrected chi connectivity index (χ2v) is 6.51. The van der Waals surface area contributed by atoms with Crippen LogP contribution in [0.3, 0.4) is 0 Å². The lowest BCUT2D eigenvalue weighted by atomic mass is 10.1. The molecule has 17 heavy (non-hydrogen) atoms. The summed E-state index contributed by atoms with van der Waals surface area (Å²) in [6.45, 7) is 0. The molecule has 2 aromatic rings. The molecule has 2 rings (SSSR count). The monoisotopic (exact) mass is 270 g/mol. The number of nitrogens with zero attached hydrogens (tertiary/aromatic N) is 2. The highest BCUT2D eigenvalue weighted by Crippen LogP contribution is 2.10. The maximum atomic E-state index is 10.8. The van der Waals surface area contributed by atoms with E-state index >= 15 is 0 Å². The van der Waals surface area contributed by atoms with E-state index in [0.29, 0.717) is 6.42 Å². The Bertz CT molecular complexity index is 576. The molecule has 4 nitrogen and oxygen atoms in total. The maximum Gasteiger partial charge on any atom is 0.232 e. The van der Waals surface area contributed by atoms with Gasteiger partial charge in [0.2, 0.25) is 9.05 Å². The Labute approximate surface area is 104 Å². The van der Waals surface area contributed by atoms with Gasteiger partial charge < -0.3 is 0 Å². The Balaban J connectivity index is 2.09. The topological polar surface area (TPSA) is 52.0 Å². The first kappa shape index (κ1) is 12.1. The summed E-state index contributed by atoms with van der Waals surface area (Å²) >= 11 is 0. The standard InChI is InChI=1S/C11H11ClN2O2S/c12-17(15,16)9-6-10-2-4-11(5-3-10)14-8-1-7-13-14/h1-5,7-8H,6,9H2. The Kier molecular flexibility index (Phi) is 3.49. The number of hydrogen-bond acceptors (Lipinski definition) is 3. The molecule has 0 aliphatic carbocycles. The van der Waals surface area contributed by atoms with Gasteiger partial charge in [0.1, 0.15) is 0 Å². The summed E-state index contributed by atoms with van der Waals surface area (Å²) in [7, 11) is 1.73. The third kappa shape index (κ3) is 3.57. The summed E-state index contributed by atoms with van der Waals surface area (Å²) in [6, 6.07) is 9.37. The molecule has 0 fully saturated rings. The summed E-state index contributed by atoms with van der Waals surface area (Å²) in [4.78, 5) is 0. The van der Waals surface area contributed by atoms with Gasteiger partial charge in [-0.15, -0.1) is 0 Å². The zero-order chi connectivity index (χ0) is 12.3. The average molecular weight is 271 g/mol. The van der Waals surface area contributed by atoms with Crippen molar-refractivity contribution in [2.45, 2.75) is 6.42 Å². The molecule has 0 saturated heterocycles. The molecular weight excluding hydrogens is 260 g/mol. The highest BCUT2D eigenvalue weighted by Gasteiger charge is 2.05. The molecule has 0 aliphatic heterocycles. The Morgan fingerprint density at radius 3 is 2.47 bits per heavy atom. The van der Waals surface area contributed by atoms with Gasteiger partial charge in [0.05, 0.1) is 11.4 Å². The van der Waals surface area contributed by atoms with Crippen LogP contribution in [0.4, 0.5) is 0 Å². The molecule has 1 aromatic carbocycles. The average Bonchev–Trinajstić information content (AvgIpc) is 2.79. The van der Waals surface area contributed by atoms with Crippen molar-refractivity contribution in [1.82, 2.24) is 9.78 Å². The van der Waals surface area contributed by atoms with Crippen LogP contribution in [0.1, 0.15) is 5.56 Å². The number of aromatic nitrogens is 2. The van der Waals surface area contributed by atoms with E-state index in [0.717, 1.165) is 11.3 Å². The van der Waals surface area contributed by atoms with Gasteiger partial charge in [-0.25, -0.2) is 13.1 Å². The number of halogens is 1. The minimum Gasteiger partial charge on any atom is -0.241 e. The molecular formula is C11H11ClN2O2S. The van der Waals surface area contributed by atoms with Gasteiger partial charge >= 0.3 is 0 Å². The minimum absolute atomic E-state index is 0.0460. The van der Waals surface area contributed by atoms with Crippen molar-refractivity contribution in [1.29, 1.82) is 0 Å². The fourth-order valence-corrected chi connectivity index (χ4v) is 2.19. The van der Waals surface area contributed by atoms with Crippen molar-refractivity contribution in [3.63, 3.8) is 0 Å². The van der Waals surface area contributed by atoms with Gasteiger partial charge in [-0.3, -0.25) is 0 Å². The lowest BCUT2D eigenvalue weighted by molar-refractivity contribution is 0.609. The van der Waals surface area contributed by atoms with Crippen LogP contribution in [0.25, 0.3) is 5.69 Å². The predicted octanol–water partition coefficient (Wildman–Crippen LogP) is 1.98. The molecule has 0 unspecified atom stereocenters. The third-order valence-electron chi connectivity index (χ3n) is 2.34. The van der Waals surface area contributed by atoms with E-state index in [9.17, 15) is 8.42 Å². The number of rotatable bonds is 4. The van der Waals surface area contributed by atoms with Gasteiger partial charge in [0.15, 0.2) is 0 Å². The zero-order valence-electron chi connectivity index (χ0n) is 8.95. The predicted molar refractivity (Wildman–Crippen MR) is 66.9 cm³/mol. The van der Waals surface area contributed by atoms with Crippen molar-refractivity contribution < 1.29 is 8.42 Å². The van der Waals surface area contributed by atoms with Crippen molar-refractivity contribution in [3.8, 4) is 5.69 Å². The highest BCUT2D eigenvalue weighted by molar-refractivity contribution is 8.13. The van der Waals surface area contributed by atoms with E-state index in [1.807, 2.05) is 36.5 Å². The molecule has 6 heteroatoms. The van der Waals surface area contributed by atoms with E-state index < -0.39 is 9.05 Å². The smallest absolute Gasteiger partial charge is 0.232 e. The number of aryl methyl sites for hydroxylation is 1. The Morgan fingerprint density at radius 2 is 1.94 bits per heavy atom. The molecule has 0 saturated carbocycles. The first-order valence-electron chi connectivity index (χ1n) is 5.06. The second-order valence-electron chi connectivity index (χ2n) is 3.61. The Morgan fingerprint density at radius 1 is 1.24 bits per heavy atom. The van der Waals surface area contributed by atoms with Crippen LogP contribution in [-0.4, -0.2) is 24.0 Å². The van der Waals surface area contributed by atoms with E-state index in [1.54, 1.807) is 10.9 Å². The molecule has 0 radical (unpaired) electrons. The van der Waals surface area contributed by atoms with Crippen molar-refractivity contribution in [2.75, 3.05) is 5.75 Å². The van der Waals surface area contributed by atoms with Crippen LogP contribution in [-0.2, 0) is 15.5 Å². The number of benzene rings is 1. The van der Waals surface area contributed by atoms with Gasteiger partial charge in [-0.05, 0) is 30.2 Å². The second kappa shape index (κ2) is 4.89. The van der Waals surface area contributed by atoms with Crippen molar-refractivity contribution in [3.05, 3.63) is 48.3 Å². The molecule has 0 aliphatic rings. The van der Waals surface area contributed by atoms with Crippen LogP contribution < -0.4 is 0 Å². The van der Waals surface area contributed by atoms with E-state index in [2.05, 4.69) is 5.10 Å². The highest BCUT2D eigenvalue weighted by atomic mass is 35.7. The molecule has 0 bridgehead atoms. The molecule has 0 atom stereocenters. The van der Waals surface area contributed by atoms with E-state index in [1.165, 1.54) is 0 Å².